The average Bonchev–Trinajstić information content (AvgIpc) is 2.80. The highest BCUT2D eigenvalue weighted by Crippen LogP contribution is 2.34. The van der Waals surface area contributed by atoms with Crippen molar-refractivity contribution in [2.75, 3.05) is 0 Å². The van der Waals surface area contributed by atoms with Crippen LogP contribution in [0.15, 0.2) is 101 Å². The zero-order valence-electron chi connectivity index (χ0n) is 15.8. The number of aliphatic imine (C=N–C) groups is 2. The van der Waals surface area contributed by atoms with Crippen molar-refractivity contribution >= 4 is 34.4 Å². The second-order valence-corrected chi connectivity index (χ2v) is 7.55. The number of nitrogens with zero attached hydrogens (tertiary/aromatic N) is 2. The zero-order chi connectivity index (χ0) is 19.6. The number of fused-ring (bicyclic) bond motifs is 1. The van der Waals surface area contributed by atoms with E-state index >= 15 is 0 Å². The van der Waals surface area contributed by atoms with Crippen molar-refractivity contribution in [3.63, 3.8) is 0 Å². The first-order chi connectivity index (χ1) is 14.3. The van der Waals surface area contributed by atoms with Crippen molar-refractivity contribution in [2.45, 2.75) is 12.5 Å². The highest BCUT2D eigenvalue weighted by atomic mass is 35.5. The topological polar surface area (TPSA) is 24.7 Å². The summed E-state index contributed by atoms with van der Waals surface area (Å²) in [5, 5.41) is 3.03. The minimum Gasteiger partial charge on any atom is -0.258 e. The second-order valence-electron chi connectivity index (χ2n) is 7.14. The van der Waals surface area contributed by atoms with Crippen molar-refractivity contribution in [3.05, 3.63) is 107 Å². The lowest BCUT2D eigenvalue weighted by atomic mass is 9.95. The van der Waals surface area contributed by atoms with E-state index in [-0.39, 0.29) is 6.04 Å². The molecule has 1 atom stereocenters. The number of halogens is 1. The fraction of sp³-hybridized carbons (Fsp3) is 0.0769. The van der Waals surface area contributed by atoms with Crippen LogP contribution in [-0.4, -0.2) is 12.1 Å². The molecule has 0 aliphatic carbocycles. The van der Waals surface area contributed by atoms with Crippen LogP contribution in [0.1, 0.15) is 23.6 Å². The summed E-state index contributed by atoms with van der Waals surface area (Å²) in [4.78, 5) is 9.38. The van der Waals surface area contributed by atoms with Crippen molar-refractivity contribution < 1.29 is 0 Å². The number of benzene rings is 4. The maximum absolute atomic E-state index is 6.38. The van der Waals surface area contributed by atoms with Crippen LogP contribution in [0.2, 0.25) is 5.02 Å². The van der Waals surface area contributed by atoms with E-state index in [1.165, 1.54) is 22.1 Å². The molecule has 0 N–H and O–H groups in total. The van der Waals surface area contributed by atoms with Gasteiger partial charge in [-0.25, -0.2) is 4.99 Å². The molecule has 0 saturated carbocycles. The normalized spacial score (nSPS) is 16.0. The smallest absolute Gasteiger partial charge is 0.154 e. The maximum atomic E-state index is 6.38. The molecule has 0 radical (unpaired) electrons. The van der Waals surface area contributed by atoms with Gasteiger partial charge in [-0.3, -0.25) is 4.99 Å². The Morgan fingerprint density at radius 2 is 1.41 bits per heavy atom. The Kier molecular flexibility index (Phi) is 4.71. The summed E-state index contributed by atoms with van der Waals surface area (Å²) >= 11 is 6.38. The molecule has 1 aliphatic heterocycles. The number of amidine groups is 1. The summed E-state index contributed by atoms with van der Waals surface area (Å²) in [6, 6.07) is 31.3. The molecule has 4 aromatic rings. The zero-order valence-corrected chi connectivity index (χ0v) is 16.6. The van der Waals surface area contributed by atoms with Crippen LogP contribution in [0.5, 0.6) is 0 Å². The van der Waals surface area contributed by atoms with Crippen molar-refractivity contribution in [3.8, 4) is 11.1 Å². The third-order valence-electron chi connectivity index (χ3n) is 5.33. The van der Waals surface area contributed by atoms with Crippen molar-refractivity contribution in [2.24, 2.45) is 9.98 Å². The van der Waals surface area contributed by atoms with Gasteiger partial charge in [0, 0.05) is 28.6 Å². The summed E-state index contributed by atoms with van der Waals surface area (Å²) in [5.74, 6) is 0.801. The molecule has 4 aromatic carbocycles. The fourth-order valence-electron chi connectivity index (χ4n) is 3.82. The second kappa shape index (κ2) is 7.65. The van der Waals surface area contributed by atoms with E-state index in [1.807, 2.05) is 48.7 Å². The quantitative estimate of drug-likeness (QED) is 0.353. The lowest BCUT2D eigenvalue weighted by molar-refractivity contribution is 0.762. The molecule has 140 valence electrons. The molecule has 0 amide bonds. The first kappa shape index (κ1) is 17.8. The van der Waals surface area contributed by atoms with E-state index in [9.17, 15) is 0 Å². The van der Waals surface area contributed by atoms with E-state index in [4.69, 9.17) is 16.6 Å². The summed E-state index contributed by atoms with van der Waals surface area (Å²) in [5.41, 5.74) is 4.62. The van der Waals surface area contributed by atoms with Crippen LogP contribution in [0.3, 0.4) is 0 Å². The first-order valence-corrected chi connectivity index (χ1v) is 10.1. The highest BCUT2D eigenvalue weighted by Gasteiger charge is 2.15. The van der Waals surface area contributed by atoms with Crippen LogP contribution in [0.4, 0.5) is 0 Å². The third-order valence-corrected chi connectivity index (χ3v) is 5.66. The minimum atomic E-state index is 0.0960. The van der Waals surface area contributed by atoms with Gasteiger partial charge in [0.2, 0.25) is 0 Å². The summed E-state index contributed by atoms with van der Waals surface area (Å²) in [6.07, 6.45) is 2.79. The Hall–Kier alpha value is -3.23. The Morgan fingerprint density at radius 3 is 2.21 bits per heavy atom. The van der Waals surface area contributed by atoms with E-state index < -0.39 is 0 Å². The Bertz CT molecular complexity index is 1220. The molecular weight excluding hydrogens is 376 g/mol. The summed E-state index contributed by atoms with van der Waals surface area (Å²) < 4.78 is 0. The van der Waals surface area contributed by atoms with Gasteiger partial charge in [0.05, 0.1) is 6.04 Å². The molecule has 0 bridgehead atoms. The molecule has 3 heteroatoms. The molecule has 0 aromatic heterocycles. The van der Waals surface area contributed by atoms with Gasteiger partial charge in [-0.05, 0) is 28.1 Å². The molecule has 1 unspecified atom stereocenters. The monoisotopic (exact) mass is 394 g/mol. The van der Waals surface area contributed by atoms with E-state index in [1.54, 1.807) is 0 Å². The van der Waals surface area contributed by atoms with Gasteiger partial charge in [0.25, 0.3) is 0 Å². The molecule has 5 rings (SSSR count). The van der Waals surface area contributed by atoms with Gasteiger partial charge in [0.15, 0.2) is 5.84 Å². The largest absolute Gasteiger partial charge is 0.258 e. The fourth-order valence-corrected chi connectivity index (χ4v) is 4.05. The highest BCUT2D eigenvalue weighted by molar-refractivity contribution is 6.36. The van der Waals surface area contributed by atoms with Gasteiger partial charge >= 0.3 is 0 Å². The molecule has 1 heterocycles. The molecule has 0 saturated heterocycles. The first-order valence-electron chi connectivity index (χ1n) is 9.73. The third kappa shape index (κ3) is 3.48. The predicted octanol–water partition coefficient (Wildman–Crippen LogP) is 7.12. The van der Waals surface area contributed by atoms with Gasteiger partial charge in [-0.2, -0.15) is 0 Å². The molecule has 1 aliphatic rings. The van der Waals surface area contributed by atoms with E-state index in [2.05, 4.69) is 53.5 Å². The number of hydrogen-bond donors (Lipinski definition) is 0. The molecule has 29 heavy (non-hydrogen) atoms. The van der Waals surface area contributed by atoms with Crippen molar-refractivity contribution in [1.82, 2.24) is 0 Å². The minimum absolute atomic E-state index is 0.0960. The van der Waals surface area contributed by atoms with Gasteiger partial charge in [0.1, 0.15) is 0 Å². The standard InChI is InChI=1S/C26H19ClN2/c27-24-15-14-21(22-8-4-5-9-23(22)24)18-10-12-19(13-11-18)25-16-17-28-26(29-25)20-6-2-1-3-7-20/h1-15,17,25H,16H2. The molecular formula is C26H19ClN2. The van der Waals surface area contributed by atoms with Gasteiger partial charge in [-0.1, -0.05) is 96.5 Å². The van der Waals surface area contributed by atoms with Crippen LogP contribution < -0.4 is 0 Å². The molecule has 0 fully saturated rings. The lowest BCUT2D eigenvalue weighted by Gasteiger charge is -2.17. The van der Waals surface area contributed by atoms with Crippen LogP contribution in [0.25, 0.3) is 21.9 Å². The van der Waals surface area contributed by atoms with Crippen LogP contribution >= 0.6 is 11.6 Å². The van der Waals surface area contributed by atoms with E-state index in [0.717, 1.165) is 28.2 Å². The molecule has 2 nitrogen and oxygen atoms in total. The van der Waals surface area contributed by atoms with E-state index in [0.29, 0.717) is 0 Å². The Labute approximate surface area is 175 Å². The number of rotatable bonds is 3. The average molecular weight is 395 g/mol. The summed E-state index contributed by atoms with van der Waals surface area (Å²) in [7, 11) is 0. The lowest BCUT2D eigenvalue weighted by Crippen LogP contribution is -2.09. The Balaban J connectivity index is 1.48. The predicted molar refractivity (Wildman–Crippen MR) is 123 cm³/mol. The van der Waals surface area contributed by atoms with Gasteiger partial charge < -0.3 is 0 Å². The van der Waals surface area contributed by atoms with Crippen molar-refractivity contribution in [1.29, 1.82) is 0 Å². The number of hydrogen-bond acceptors (Lipinski definition) is 2. The van der Waals surface area contributed by atoms with Gasteiger partial charge in [-0.15, -0.1) is 0 Å². The summed E-state index contributed by atoms with van der Waals surface area (Å²) in [6.45, 7) is 0. The maximum Gasteiger partial charge on any atom is 0.154 e. The van der Waals surface area contributed by atoms with Crippen LogP contribution in [0, 0.1) is 0 Å². The Morgan fingerprint density at radius 1 is 0.690 bits per heavy atom. The molecule has 0 spiro atoms. The van der Waals surface area contributed by atoms with Crippen LogP contribution in [-0.2, 0) is 0 Å². The SMILES string of the molecule is Clc1ccc(-c2ccc(C3CC=NC(c4ccccc4)=N3)cc2)c2ccccc12.